The number of nitriles is 1. The number of pyridine rings is 2. The minimum Gasteiger partial charge on any atom is -0.491 e. The molecule has 4 aromatic heterocycles. The van der Waals surface area contributed by atoms with Gasteiger partial charge in [-0.1, -0.05) is 29.8 Å². The molecule has 0 atom stereocenters. The zero-order valence-electron chi connectivity index (χ0n) is 24.5. The van der Waals surface area contributed by atoms with Gasteiger partial charge in [-0.05, 0) is 50.2 Å². The fraction of sp³-hybridized carbons (Fsp3) is 0.152. The molecule has 6 aromatic rings. The first-order valence-corrected chi connectivity index (χ1v) is 15.2. The Morgan fingerprint density at radius 3 is 2.53 bits per heavy atom. The first-order chi connectivity index (χ1) is 22.4. The lowest BCUT2D eigenvalue weighted by molar-refractivity contribution is -0.137. The maximum atomic E-state index is 14.1. The van der Waals surface area contributed by atoms with E-state index in [9.17, 15) is 33.1 Å². The van der Waals surface area contributed by atoms with Crippen molar-refractivity contribution < 1.29 is 27.8 Å². The molecule has 0 saturated heterocycles. The fourth-order valence-electron chi connectivity index (χ4n) is 5.30. The molecular weight excluding hydrogens is 655 g/mol. The van der Waals surface area contributed by atoms with Crippen LogP contribution in [0.15, 0.2) is 64.8 Å². The van der Waals surface area contributed by atoms with Crippen LogP contribution in [0.4, 0.5) is 13.2 Å². The van der Waals surface area contributed by atoms with E-state index in [0.717, 1.165) is 6.07 Å². The Bertz CT molecular complexity index is 2350. The van der Waals surface area contributed by atoms with Gasteiger partial charge in [0.15, 0.2) is 5.52 Å². The molecule has 0 unspecified atom stereocenters. The van der Waals surface area contributed by atoms with E-state index in [1.54, 1.807) is 31.2 Å². The summed E-state index contributed by atoms with van der Waals surface area (Å²) in [4.78, 5) is 38.2. The molecule has 236 valence electrons. The molecule has 0 amide bonds. The highest BCUT2D eigenvalue weighted by Crippen LogP contribution is 2.41. The minimum absolute atomic E-state index is 0.0270. The third-order valence-electron chi connectivity index (χ3n) is 7.42. The highest BCUT2D eigenvalue weighted by Gasteiger charge is 2.36. The number of thiophene rings is 1. The Kier molecular flexibility index (Phi) is 8.17. The SMILES string of the molecule is Cc1cc(-c2cc(Cl)ccc2OCCn2c(C)nc3cc(C(F)(F)F)c(-c4ccccc4C#N)nc3c2=O)c2scc(C(=O)O)c2n1. The summed E-state index contributed by atoms with van der Waals surface area (Å²) in [5.41, 5.74) is -0.702. The number of halogens is 4. The zero-order chi connectivity index (χ0) is 33.6. The Hall–Kier alpha value is -5.32. The van der Waals surface area contributed by atoms with Crippen LogP contribution in [0.5, 0.6) is 5.75 Å². The standard InChI is InChI=1S/C33H21ClF3N5O4S/c1-16-11-22(30-28(39-16)23(15-47-30)32(44)45)21-12-19(34)7-8-26(21)46-10-9-42-17(2)40-25-13-24(33(35,36)37)27(41-29(25)31(42)43)20-6-4-3-5-18(20)14-38/h3-8,11-13,15H,9-10H2,1-2H3,(H,44,45). The topological polar surface area (TPSA) is 131 Å². The predicted octanol–water partition coefficient (Wildman–Crippen LogP) is 7.67. The molecule has 0 aliphatic carbocycles. The number of benzene rings is 2. The number of rotatable bonds is 7. The number of aryl methyl sites for hydroxylation is 2. The van der Waals surface area contributed by atoms with Crippen molar-refractivity contribution in [2.75, 3.05) is 6.61 Å². The Morgan fingerprint density at radius 2 is 1.81 bits per heavy atom. The van der Waals surface area contributed by atoms with E-state index in [2.05, 4.69) is 15.0 Å². The number of carbonyl (C=O) groups is 1. The van der Waals surface area contributed by atoms with Gasteiger partial charge in [-0.25, -0.2) is 14.8 Å². The van der Waals surface area contributed by atoms with E-state index in [-0.39, 0.29) is 46.7 Å². The zero-order valence-corrected chi connectivity index (χ0v) is 26.1. The number of aromatic nitrogens is 4. The number of ether oxygens (including phenoxy) is 1. The van der Waals surface area contributed by atoms with Crippen molar-refractivity contribution in [3.8, 4) is 34.2 Å². The van der Waals surface area contributed by atoms with Crippen molar-refractivity contribution in [2.45, 2.75) is 26.6 Å². The molecule has 47 heavy (non-hydrogen) atoms. The number of carboxylic acids is 1. The monoisotopic (exact) mass is 675 g/mol. The number of fused-ring (bicyclic) bond motifs is 2. The Morgan fingerprint density at radius 1 is 1.04 bits per heavy atom. The van der Waals surface area contributed by atoms with Crippen LogP contribution in [0.2, 0.25) is 5.02 Å². The molecule has 0 fully saturated rings. The van der Waals surface area contributed by atoms with Gasteiger partial charge in [-0.2, -0.15) is 18.4 Å². The summed E-state index contributed by atoms with van der Waals surface area (Å²) >= 11 is 7.57. The van der Waals surface area contributed by atoms with Gasteiger partial charge in [0.2, 0.25) is 0 Å². The molecule has 0 aliphatic heterocycles. The normalized spacial score (nSPS) is 11.6. The van der Waals surface area contributed by atoms with Crippen molar-refractivity contribution >= 4 is 50.2 Å². The molecule has 2 aromatic carbocycles. The molecule has 1 N–H and O–H groups in total. The average Bonchev–Trinajstić information content (AvgIpc) is 3.46. The predicted molar refractivity (Wildman–Crippen MR) is 171 cm³/mol. The lowest BCUT2D eigenvalue weighted by atomic mass is 10.00. The van der Waals surface area contributed by atoms with E-state index < -0.39 is 29.0 Å². The van der Waals surface area contributed by atoms with Gasteiger partial charge in [0, 0.05) is 32.8 Å². The molecule has 0 spiro atoms. The third kappa shape index (κ3) is 5.89. The van der Waals surface area contributed by atoms with Crippen LogP contribution < -0.4 is 10.3 Å². The van der Waals surface area contributed by atoms with Crippen LogP contribution in [0.3, 0.4) is 0 Å². The summed E-state index contributed by atoms with van der Waals surface area (Å²) < 4.78 is 50.4. The van der Waals surface area contributed by atoms with Crippen LogP contribution in [-0.4, -0.2) is 37.2 Å². The van der Waals surface area contributed by atoms with Crippen LogP contribution in [-0.2, 0) is 12.7 Å². The quantitative estimate of drug-likeness (QED) is 0.182. The molecule has 9 nitrogen and oxygen atoms in total. The number of aromatic carboxylic acids is 1. The number of nitrogens with zero attached hydrogens (tertiary/aromatic N) is 5. The van der Waals surface area contributed by atoms with Gasteiger partial charge in [-0.15, -0.1) is 11.3 Å². The van der Waals surface area contributed by atoms with Crippen LogP contribution >= 0.6 is 22.9 Å². The van der Waals surface area contributed by atoms with Crippen LogP contribution in [0, 0.1) is 25.2 Å². The highest BCUT2D eigenvalue weighted by atomic mass is 35.5. The first kappa shape index (κ1) is 31.7. The fourth-order valence-corrected chi connectivity index (χ4v) is 6.48. The van der Waals surface area contributed by atoms with Gasteiger partial charge in [0.25, 0.3) is 5.56 Å². The lowest BCUT2D eigenvalue weighted by Gasteiger charge is -2.17. The molecule has 14 heteroatoms. The second-order valence-electron chi connectivity index (χ2n) is 10.5. The van der Waals surface area contributed by atoms with Gasteiger partial charge >= 0.3 is 12.1 Å². The molecule has 0 saturated carbocycles. The third-order valence-corrected chi connectivity index (χ3v) is 8.65. The Balaban J connectivity index is 1.38. The minimum atomic E-state index is -4.83. The summed E-state index contributed by atoms with van der Waals surface area (Å²) in [5, 5.41) is 21.1. The van der Waals surface area contributed by atoms with Crippen LogP contribution in [0.1, 0.15) is 33.0 Å². The molecular formula is C33H21ClF3N5O4S. The second kappa shape index (κ2) is 12.1. The molecule has 6 rings (SSSR count). The van der Waals surface area contributed by atoms with Gasteiger partial charge in [0.1, 0.15) is 18.2 Å². The second-order valence-corrected chi connectivity index (χ2v) is 11.8. The van der Waals surface area contributed by atoms with Gasteiger partial charge in [-0.3, -0.25) is 14.3 Å². The number of hydrogen-bond acceptors (Lipinski definition) is 8. The number of carboxylic acid groups (broad SMARTS) is 1. The summed E-state index contributed by atoms with van der Waals surface area (Å²) in [5.74, 6) is -0.554. The van der Waals surface area contributed by atoms with Gasteiger partial charge in [0.05, 0.1) is 50.7 Å². The summed E-state index contributed by atoms with van der Waals surface area (Å²) in [6, 6.07) is 15.1. The van der Waals surface area contributed by atoms with Gasteiger partial charge < -0.3 is 9.84 Å². The summed E-state index contributed by atoms with van der Waals surface area (Å²) in [6.07, 6.45) is -4.83. The maximum absolute atomic E-state index is 14.1. The number of alkyl halides is 3. The van der Waals surface area contributed by atoms with Crippen molar-refractivity contribution in [1.29, 1.82) is 5.26 Å². The van der Waals surface area contributed by atoms with Crippen LogP contribution in [0.25, 0.3) is 43.6 Å². The number of hydrogen-bond donors (Lipinski definition) is 1. The molecule has 0 bridgehead atoms. The molecule has 4 heterocycles. The van der Waals surface area contributed by atoms with E-state index in [4.69, 9.17) is 16.3 Å². The smallest absolute Gasteiger partial charge is 0.418 e. The van der Waals surface area contributed by atoms with E-state index in [1.165, 1.54) is 52.5 Å². The Labute approximate surface area is 273 Å². The molecule has 0 aliphatic rings. The average molecular weight is 676 g/mol. The summed E-state index contributed by atoms with van der Waals surface area (Å²) in [6.45, 7) is 3.16. The molecule has 0 radical (unpaired) electrons. The summed E-state index contributed by atoms with van der Waals surface area (Å²) in [7, 11) is 0. The van der Waals surface area contributed by atoms with E-state index in [0.29, 0.717) is 37.8 Å². The van der Waals surface area contributed by atoms with Crippen molar-refractivity contribution in [2.24, 2.45) is 0 Å². The van der Waals surface area contributed by atoms with E-state index in [1.807, 2.05) is 6.07 Å². The van der Waals surface area contributed by atoms with Crippen molar-refractivity contribution in [3.63, 3.8) is 0 Å². The van der Waals surface area contributed by atoms with E-state index >= 15 is 0 Å². The largest absolute Gasteiger partial charge is 0.491 e. The van der Waals surface area contributed by atoms with Crippen molar-refractivity contribution in [1.82, 2.24) is 19.5 Å². The highest BCUT2D eigenvalue weighted by molar-refractivity contribution is 7.18. The first-order valence-electron chi connectivity index (χ1n) is 13.9. The maximum Gasteiger partial charge on any atom is 0.418 e. The van der Waals surface area contributed by atoms with Crippen molar-refractivity contribution in [3.05, 3.63) is 104 Å². The lowest BCUT2D eigenvalue weighted by Crippen LogP contribution is -2.27.